The second-order valence-electron chi connectivity index (χ2n) is 4.29. The number of benzene rings is 1. The molecule has 0 spiro atoms. The zero-order valence-electron chi connectivity index (χ0n) is 9.24. The quantitative estimate of drug-likeness (QED) is 0.772. The van der Waals surface area contributed by atoms with Crippen molar-refractivity contribution in [3.8, 4) is 0 Å². The third-order valence-corrected chi connectivity index (χ3v) is 3.15. The van der Waals surface area contributed by atoms with Crippen molar-refractivity contribution in [3.63, 3.8) is 0 Å². The minimum Gasteiger partial charge on any atom is -0.396 e. The summed E-state index contributed by atoms with van der Waals surface area (Å²) in [5.74, 6) is 0.824. The predicted octanol–water partition coefficient (Wildman–Crippen LogP) is 2.21. The van der Waals surface area contributed by atoms with Gasteiger partial charge in [0.1, 0.15) is 0 Å². The molecule has 82 valence electrons. The van der Waals surface area contributed by atoms with Crippen LogP contribution in [-0.4, -0.2) is 18.8 Å². The number of rotatable bonds is 5. The first-order chi connectivity index (χ1) is 7.35. The highest BCUT2D eigenvalue weighted by atomic mass is 16.3. The third-order valence-electron chi connectivity index (χ3n) is 3.15. The smallest absolute Gasteiger partial charge is 0.0449 e. The van der Waals surface area contributed by atoms with Crippen molar-refractivity contribution < 1.29 is 5.11 Å². The van der Waals surface area contributed by atoms with Gasteiger partial charge in [-0.3, -0.25) is 0 Å². The summed E-state index contributed by atoms with van der Waals surface area (Å²) >= 11 is 0. The van der Waals surface area contributed by atoms with Crippen LogP contribution in [0, 0.1) is 0 Å². The number of aliphatic hydroxyl groups is 1. The van der Waals surface area contributed by atoms with Crippen LogP contribution in [0.1, 0.15) is 42.3 Å². The fraction of sp³-hybridized carbons (Fsp3) is 0.538. The van der Waals surface area contributed by atoms with Gasteiger partial charge in [-0.05, 0) is 43.4 Å². The van der Waals surface area contributed by atoms with E-state index in [0.29, 0.717) is 0 Å². The molecule has 1 aliphatic rings. The van der Waals surface area contributed by atoms with E-state index in [4.69, 9.17) is 5.11 Å². The Morgan fingerprint density at radius 1 is 1.33 bits per heavy atom. The van der Waals surface area contributed by atoms with Gasteiger partial charge in [0.2, 0.25) is 0 Å². The Hall–Kier alpha value is -0.860. The van der Waals surface area contributed by atoms with Crippen LogP contribution in [0.25, 0.3) is 0 Å². The zero-order valence-corrected chi connectivity index (χ0v) is 9.24. The van der Waals surface area contributed by atoms with Crippen LogP contribution < -0.4 is 5.32 Å². The highest BCUT2D eigenvalue weighted by molar-refractivity contribution is 5.29. The van der Waals surface area contributed by atoms with E-state index in [9.17, 15) is 0 Å². The SMILES string of the molecule is CNC(CCO)c1ccc(C2CC2)cc1. The summed E-state index contributed by atoms with van der Waals surface area (Å²) < 4.78 is 0. The Bertz CT molecular complexity index is 303. The van der Waals surface area contributed by atoms with E-state index in [1.54, 1.807) is 0 Å². The normalized spacial score (nSPS) is 17.7. The van der Waals surface area contributed by atoms with Gasteiger partial charge >= 0.3 is 0 Å². The lowest BCUT2D eigenvalue weighted by molar-refractivity contribution is 0.269. The van der Waals surface area contributed by atoms with Crippen molar-refractivity contribution in [2.75, 3.05) is 13.7 Å². The molecule has 1 aromatic rings. The molecular weight excluding hydrogens is 186 g/mol. The van der Waals surface area contributed by atoms with Gasteiger partial charge in [0.15, 0.2) is 0 Å². The molecule has 0 bridgehead atoms. The highest BCUT2D eigenvalue weighted by Crippen LogP contribution is 2.40. The van der Waals surface area contributed by atoms with Crippen LogP contribution in [0.15, 0.2) is 24.3 Å². The Balaban J connectivity index is 2.06. The number of hydrogen-bond acceptors (Lipinski definition) is 2. The zero-order chi connectivity index (χ0) is 10.7. The van der Waals surface area contributed by atoms with Crippen LogP contribution in [0.5, 0.6) is 0 Å². The minimum absolute atomic E-state index is 0.232. The topological polar surface area (TPSA) is 32.3 Å². The molecule has 2 heteroatoms. The molecule has 0 saturated heterocycles. The summed E-state index contributed by atoms with van der Waals surface area (Å²) in [6, 6.07) is 9.11. The fourth-order valence-electron chi connectivity index (χ4n) is 2.02. The molecule has 0 amide bonds. The minimum atomic E-state index is 0.232. The summed E-state index contributed by atoms with van der Waals surface area (Å²) in [6.45, 7) is 0.232. The van der Waals surface area contributed by atoms with Gasteiger partial charge in [-0.1, -0.05) is 24.3 Å². The van der Waals surface area contributed by atoms with Crippen LogP contribution in [0.2, 0.25) is 0 Å². The molecule has 15 heavy (non-hydrogen) atoms. The maximum atomic E-state index is 8.94. The summed E-state index contributed by atoms with van der Waals surface area (Å²) in [7, 11) is 1.94. The Morgan fingerprint density at radius 2 is 2.00 bits per heavy atom. The Morgan fingerprint density at radius 3 is 2.47 bits per heavy atom. The van der Waals surface area contributed by atoms with E-state index in [-0.39, 0.29) is 12.6 Å². The summed E-state index contributed by atoms with van der Waals surface area (Å²) in [5.41, 5.74) is 2.74. The maximum Gasteiger partial charge on any atom is 0.0449 e. The van der Waals surface area contributed by atoms with E-state index in [0.717, 1.165) is 12.3 Å². The number of aliphatic hydroxyl groups excluding tert-OH is 1. The predicted molar refractivity (Wildman–Crippen MR) is 61.9 cm³/mol. The molecule has 0 heterocycles. The lowest BCUT2D eigenvalue weighted by atomic mass is 10.0. The van der Waals surface area contributed by atoms with E-state index in [2.05, 4.69) is 29.6 Å². The molecule has 0 aromatic heterocycles. The van der Waals surface area contributed by atoms with Crippen LogP contribution in [-0.2, 0) is 0 Å². The number of nitrogens with one attached hydrogen (secondary N) is 1. The third kappa shape index (κ3) is 2.58. The molecule has 2 nitrogen and oxygen atoms in total. The highest BCUT2D eigenvalue weighted by Gasteiger charge is 2.23. The molecule has 1 aromatic carbocycles. The molecular formula is C13H19NO. The van der Waals surface area contributed by atoms with E-state index >= 15 is 0 Å². The molecule has 1 saturated carbocycles. The molecule has 1 unspecified atom stereocenters. The molecule has 0 aliphatic heterocycles. The van der Waals surface area contributed by atoms with Crippen molar-refractivity contribution in [1.82, 2.24) is 5.32 Å². The molecule has 2 N–H and O–H groups in total. The van der Waals surface area contributed by atoms with Gasteiger partial charge in [-0.25, -0.2) is 0 Å². The van der Waals surface area contributed by atoms with Gasteiger partial charge in [0.05, 0.1) is 0 Å². The van der Waals surface area contributed by atoms with Crippen LogP contribution in [0.3, 0.4) is 0 Å². The van der Waals surface area contributed by atoms with E-state index < -0.39 is 0 Å². The fourth-order valence-corrected chi connectivity index (χ4v) is 2.02. The largest absolute Gasteiger partial charge is 0.396 e. The average Bonchev–Trinajstić information content (AvgIpc) is 3.10. The van der Waals surface area contributed by atoms with Crippen molar-refractivity contribution in [2.24, 2.45) is 0 Å². The maximum absolute atomic E-state index is 8.94. The van der Waals surface area contributed by atoms with E-state index in [1.165, 1.54) is 24.0 Å². The van der Waals surface area contributed by atoms with Crippen LogP contribution >= 0.6 is 0 Å². The monoisotopic (exact) mass is 205 g/mol. The van der Waals surface area contributed by atoms with Crippen molar-refractivity contribution in [3.05, 3.63) is 35.4 Å². The lowest BCUT2D eigenvalue weighted by Gasteiger charge is -2.15. The van der Waals surface area contributed by atoms with Gasteiger partial charge in [0, 0.05) is 12.6 Å². The first kappa shape index (κ1) is 10.7. The molecule has 2 rings (SSSR count). The first-order valence-electron chi connectivity index (χ1n) is 5.73. The lowest BCUT2D eigenvalue weighted by Crippen LogP contribution is -2.17. The molecule has 1 atom stereocenters. The Labute approximate surface area is 91.3 Å². The second kappa shape index (κ2) is 4.77. The number of hydrogen-bond donors (Lipinski definition) is 2. The average molecular weight is 205 g/mol. The summed E-state index contributed by atoms with van der Waals surface area (Å²) in [6.07, 6.45) is 3.48. The van der Waals surface area contributed by atoms with Crippen molar-refractivity contribution in [2.45, 2.75) is 31.2 Å². The molecule has 1 fully saturated rings. The second-order valence-corrected chi connectivity index (χ2v) is 4.29. The summed E-state index contributed by atoms with van der Waals surface area (Å²) in [4.78, 5) is 0. The molecule has 0 radical (unpaired) electrons. The van der Waals surface area contributed by atoms with Gasteiger partial charge in [-0.15, -0.1) is 0 Å². The van der Waals surface area contributed by atoms with Crippen LogP contribution in [0.4, 0.5) is 0 Å². The van der Waals surface area contributed by atoms with Gasteiger partial charge in [0.25, 0.3) is 0 Å². The van der Waals surface area contributed by atoms with Crippen molar-refractivity contribution in [1.29, 1.82) is 0 Å². The Kier molecular flexibility index (Phi) is 3.39. The summed E-state index contributed by atoms with van der Waals surface area (Å²) in [5, 5.41) is 12.2. The molecule has 1 aliphatic carbocycles. The standard InChI is InChI=1S/C13H19NO/c1-14-13(8-9-15)12-6-4-11(5-7-12)10-2-3-10/h4-7,10,13-15H,2-3,8-9H2,1H3. The van der Waals surface area contributed by atoms with Crippen molar-refractivity contribution >= 4 is 0 Å². The van der Waals surface area contributed by atoms with E-state index in [1.807, 2.05) is 7.05 Å². The van der Waals surface area contributed by atoms with Gasteiger partial charge in [-0.2, -0.15) is 0 Å². The first-order valence-corrected chi connectivity index (χ1v) is 5.73. The van der Waals surface area contributed by atoms with Gasteiger partial charge < -0.3 is 10.4 Å².